The number of hydrogen-bond acceptors (Lipinski definition) is 5. The van der Waals surface area contributed by atoms with Crippen LogP contribution in [0.1, 0.15) is 53.7 Å². The van der Waals surface area contributed by atoms with Crippen molar-refractivity contribution in [3.63, 3.8) is 0 Å². The Morgan fingerprint density at radius 2 is 1.79 bits per heavy atom. The minimum atomic E-state index is -0.587. The summed E-state index contributed by atoms with van der Waals surface area (Å²) in [5.41, 5.74) is 7.48. The molecule has 0 saturated heterocycles. The molecule has 0 fully saturated rings. The third-order valence-corrected chi connectivity index (χ3v) is 7.50. The molecule has 2 aromatic carbocycles. The molecule has 0 spiro atoms. The molecule has 2 heterocycles. The molecule has 0 aliphatic heterocycles. The molecule has 4 rings (SSSR count). The zero-order chi connectivity index (χ0) is 27.6. The molecule has 2 N–H and O–H groups in total. The Kier molecular flexibility index (Phi) is 8.78. The lowest BCUT2D eigenvalue weighted by molar-refractivity contribution is 0.0601. The molecule has 0 unspecified atom stereocenters. The molecular formula is C27H29Cl3N6O2. The first-order valence-corrected chi connectivity index (χ1v) is 13.4. The second-order valence-corrected chi connectivity index (χ2v) is 10.6. The number of halogens is 3. The zero-order valence-corrected chi connectivity index (χ0v) is 23.6. The maximum atomic E-state index is 13.9. The molecule has 1 amide bonds. The monoisotopic (exact) mass is 574 g/mol. The van der Waals surface area contributed by atoms with E-state index < -0.39 is 11.7 Å². The standard InChI is InChI=1S/C27H29Cl3N6O2/c1-16(2)23(34(13-7-12-31)26(37)19-10-11-20(28)21(29)14-19)25-32-24-22(30)17(3)33-36(24)27(38)35(25)15-18-8-5-4-6-9-18/h4-6,8-11,14,16,23H,7,12-13,15,31H2,1-3H3/t23-/m0/s1. The first-order valence-electron chi connectivity index (χ1n) is 12.3. The topological polar surface area (TPSA) is 98.5 Å². The predicted octanol–water partition coefficient (Wildman–Crippen LogP) is 5.40. The van der Waals surface area contributed by atoms with Crippen LogP contribution in [-0.2, 0) is 6.54 Å². The number of nitrogens with zero attached hydrogens (tertiary/aromatic N) is 5. The fourth-order valence-electron chi connectivity index (χ4n) is 4.47. The van der Waals surface area contributed by atoms with E-state index in [1.165, 1.54) is 4.52 Å². The molecule has 0 radical (unpaired) electrons. The second-order valence-electron chi connectivity index (χ2n) is 9.42. The smallest absolute Gasteiger partial charge is 0.330 e. The van der Waals surface area contributed by atoms with E-state index in [1.54, 1.807) is 34.6 Å². The van der Waals surface area contributed by atoms with E-state index in [0.29, 0.717) is 46.6 Å². The second kappa shape index (κ2) is 11.9. The van der Waals surface area contributed by atoms with Crippen molar-refractivity contribution in [1.82, 2.24) is 24.1 Å². The Morgan fingerprint density at radius 1 is 1.08 bits per heavy atom. The molecule has 0 aliphatic rings. The Balaban J connectivity index is 1.95. The number of amides is 1. The largest absolute Gasteiger partial charge is 0.352 e. The first-order chi connectivity index (χ1) is 18.1. The molecule has 0 aliphatic carbocycles. The molecule has 4 aromatic rings. The summed E-state index contributed by atoms with van der Waals surface area (Å²) in [5.74, 6) is 0.0131. The lowest BCUT2D eigenvalue weighted by Crippen LogP contribution is -2.43. The number of carbonyl (C=O) groups excluding carboxylic acids is 1. The van der Waals surface area contributed by atoms with Gasteiger partial charge in [-0.25, -0.2) is 9.78 Å². The quantitative estimate of drug-likeness (QED) is 0.288. The lowest BCUT2D eigenvalue weighted by atomic mass is 9.99. The van der Waals surface area contributed by atoms with E-state index >= 15 is 0 Å². The Hall–Kier alpha value is -2.91. The van der Waals surface area contributed by atoms with Crippen molar-refractivity contribution in [2.75, 3.05) is 13.1 Å². The van der Waals surface area contributed by atoms with Crippen LogP contribution < -0.4 is 11.4 Å². The van der Waals surface area contributed by atoms with Crippen LogP contribution in [0.3, 0.4) is 0 Å². The fourth-order valence-corrected chi connectivity index (χ4v) is 4.93. The summed E-state index contributed by atoms with van der Waals surface area (Å²) in [7, 11) is 0. The number of fused-ring (bicyclic) bond motifs is 1. The Bertz CT molecular complexity index is 1520. The highest BCUT2D eigenvalue weighted by Gasteiger charge is 2.33. The third kappa shape index (κ3) is 5.59. The van der Waals surface area contributed by atoms with E-state index in [1.807, 2.05) is 44.2 Å². The zero-order valence-electron chi connectivity index (χ0n) is 21.4. The van der Waals surface area contributed by atoms with Crippen LogP contribution in [0.15, 0.2) is 53.3 Å². The van der Waals surface area contributed by atoms with Gasteiger partial charge in [-0.15, -0.1) is 0 Å². The summed E-state index contributed by atoms with van der Waals surface area (Å²) in [4.78, 5) is 34.3. The van der Waals surface area contributed by atoms with Gasteiger partial charge in [0.2, 0.25) is 0 Å². The number of carbonyl (C=O) groups is 1. The van der Waals surface area contributed by atoms with Crippen molar-refractivity contribution in [1.29, 1.82) is 0 Å². The van der Waals surface area contributed by atoms with Crippen molar-refractivity contribution in [2.24, 2.45) is 11.7 Å². The van der Waals surface area contributed by atoms with Crippen LogP contribution in [0.4, 0.5) is 0 Å². The summed E-state index contributed by atoms with van der Waals surface area (Å²) >= 11 is 18.9. The maximum Gasteiger partial charge on any atom is 0.352 e. The molecule has 38 heavy (non-hydrogen) atoms. The van der Waals surface area contributed by atoms with E-state index in [4.69, 9.17) is 45.5 Å². The number of rotatable bonds is 9. The summed E-state index contributed by atoms with van der Waals surface area (Å²) in [6.45, 7) is 6.65. The van der Waals surface area contributed by atoms with E-state index in [0.717, 1.165) is 5.56 Å². The van der Waals surface area contributed by atoms with E-state index in [-0.39, 0.29) is 29.0 Å². The van der Waals surface area contributed by atoms with Gasteiger partial charge in [-0.1, -0.05) is 79.0 Å². The fraction of sp³-hybridized carbons (Fsp3) is 0.333. The first kappa shape index (κ1) is 28.1. The van der Waals surface area contributed by atoms with Gasteiger partial charge in [-0.3, -0.25) is 9.36 Å². The summed E-state index contributed by atoms with van der Waals surface area (Å²) in [6.07, 6.45) is 0.550. The average molecular weight is 576 g/mol. The highest BCUT2D eigenvalue weighted by Crippen LogP contribution is 2.32. The molecular weight excluding hydrogens is 547 g/mol. The van der Waals surface area contributed by atoms with Crippen LogP contribution >= 0.6 is 34.8 Å². The van der Waals surface area contributed by atoms with Crippen molar-refractivity contribution in [3.05, 3.63) is 96.7 Å². The van der Waals surface area contributed by atoms with E-state index in [9.17, 15) is 9.59 Å². The van der Waals surface area contributed by atoms with Gasteiger partial charge in [0.25, 0.3) is 5.91 Å². The molecule has 0 bridgehead atoms. The number of benzene rings is 2. The maximum absolute atomic E-state index is 13.9. The van der Waals surface area contributed by atoms with E-state index in [2.05, 4.69) is 5.10 Å². The average Bonchev–Trinajstić information content (AvgIpc) is 3.18. The SMILES string of the molecule is Cc1nn2c(=O)n(Cc3ccccc3)c([C@H](C(C)C)N(CCCN)C(=O)c3ccc(Cl)c(Cl)c3)nc2c1Cl. The number of aryl methyl sites for hydroxylation is 1. The number of nitrogens with two attached hydrogens (primary N) is 1. The van der Waals surface area contributed by atoms with Gasteiger partial charge in [0.05, 0.1) is 28.3 Å². The van der Waals surface area contributed by atoms with Crippen LogP contribution in [0.5, 0.6) is 0 Å². The van der Waals surface area contributed by atoms with Crippen LogP contribution in [0.2, 0.25) is 15.1 Å². The van der Waals surface area contributed by atoms with Gasteiger partial charge < -0.3 is 10.6 Å². The Labute approximate surface area is 235 Å². The summed E-state index contributed by atoms with van der Waals surface area (Å²) in [5, 5.41) is 5.24. The number of hydrogen-bond donors (Lipinski definition) is 1. The van der Waals surface area contributed by atoms with Crippen LogP contribution in [0, 0.1) is 12.8 Å². The van der Waals surface area contributed by atoms with Gasteiger partial charge in [-0.2, -0.15) is 9.61 Å². The lowest BCUT2D eigenvalue weighted by Gasteiger charge is -2.35. The Morgan fingerprint density at radius 3 is 2.42 bits per heavy atom. The molecule has 2 aromatic heterocycles. The minimum Gasteiger partial charge on any atom is -0.330 e. The van der Waals surface area contributed by atoms with Crippen molar-refractivity contribution < 1.29 is 4.79 Å². The summed E-state index contributed by atoms with van der Waals surface area (Å²) in [6, 6.07) is 13.8. The molecule has 200 valence electrons. The molecule has 1 atom stereocenters. The third-order valence-electron chi connectivity index (χ3n) is 6.32. The number of aromatic nitrogens is 4. The van der Waals surface area contributed by atoms with Crippen molar-refractivity contribution in [2.45, 2.75) is 39.8 Å². The minimum absolute atomic E-state index is 0.126. The van der Waals surface area contributed by atoms with Crippen LogP contribution in [0.25, 0.3) is 5.65 Å². The molecule has 8 nitrogen and oxygen atoms in total. The predicted molar refractivity (Wildman–Crippen MR) is 151 cm³/mol. The van der Waals surface area contributed by atoms with Crippen molar-refractivity contribution >= 4 is 46.4 Å². The van der Waals surface area contributed by atoms with Gasteiger partial charge in [0.1, 0.15) is 10.8 Å². The summed E-state index contributed by atoms with van der Waals surface area (Å²) < 4.78 is 2.78. The van der Waals surface area contributed by atoms with Gasteiger partial charge in [-0.05, 0) is 49.6 Å². The van der Waals surface area contributed by atoms with Gasteiger partial charge >= 0.3 is 5.69 Å². The van der Waals surface area contributed by atoms with Gasteiger partial charge in [0.15, 0.2) is 5.65 Å². The molecule has 0 saturated carbocycles. The highest BCUT2D eigenvalue weighted by molar-refractivity contribution is 6.42. The molecule has 11 heteroatoms. The normalized spacial score (nSPS) is 12.3. The van der Waals surface area contributed by atoms with Gasteiger partial charge in [0, 0.05) is 12.1 Å². The van der Waals surface area contributed by atoms with Crippen LogP contribution in [-0.4, -0.2) is 43.1 Å². The van der Waals surface area contributed by atoms with Crippen molar-refractivity contribution in [3.8, 4) is 0 Å². The highest BCUT2D eigenvalue weighted by atomic mass is 35.5.